The summed E-state index contributed by atoms with van der Waals surface area (Å²) in [5, 5.41) is 7.49. The first-order chi connectivity index (χ1) is 12.1. The van der Waals surface area contributed by atoms with Crippen molar-refractivity contribution < 1.29 is 4.79 Å². The van der Waals surface area contributed by atoms with Gasteiger partial charge in [-0.05, 0) is 6.92 Å². The van der Waals surface area contributed by atoms with E-state index in [4.69, 9.17) is 0 Å². The van der Waals surface area contributed by atoms with Crippen molar-refractivity contribution in [2.75, 3.05) is 5.32 Å². The number of carbonyl (C=O) groups excluding carboxylic acids is 1. The van der Waals surface area contributed by atoms with Gasteiger partial charge in [0.1, 0.15) is 16.2 Å². The normalized spacial score (nSPS) is 16.6. The van der Waals surface area contributed by atoms with Crippen LogP contribution in [0.1, 0.15) is 6.92 Å². The summed E-state index contributed by atoms with van der Waals surface area (Å²) < 4.78 is 1.71. The monoisotopic (exact) mass is 394 g/mol. The molecule has 1 N–H and O–H groups in total. The van der Waals surface area contributed by atoms with Crippen LogP contribution in [-0.2, 0) is 4.79 Å². The molecule has 1 aliphatic heterocycles. The Balaban J connectivity index is 2.02. The van der Waals surface area contributed by atoms with Gasteiger partial charge in [-0.25, -0.2) is 4.98 Å². The lowest BCUT2D eigenvalue weighted by molar-refractivity contribution is -0.114. The van der Waals surface area contributed by atoms with Crippen LogP contribution in [0.15, 0.2) is 65.8 Å². The van der Waals surface area contributed by atoms with Crippen LogP contribution >= 0.6 is 15.9 Å². The number of amides is 1. The van der Waals surface area contributed by atoms with Crippen LogP contribution in [0.25, 0.3) is 22.5 Å². The Hall–Kier alpha value is -2.73. The number of rotatable bonds is 2. The quantitative estimate of drug-likeness (QED) is 0.663. The summed E-state index contributed by atoms with van der Waals surface area (Å²) in [6.07, 6.45) is 0. The van der Waals surface area contributed by atoms with Gasteiger partial charge >= 0.3 is 0 Å². The van der Waals surface area contributed by atoms with Crippen molar-refractivity contribution in [3.05, 3.63) is 60.7 Å². The lowest BCUT2D eigenvalue weighted by Gasteiger charge is -2.07. The van der Waals surface area contributed by atoms with Crippen molar-refractivity contribution in [1.29, 1.82) is 0 Å². The van der Waals surface area contributed by atoms with Crippen LogP contribution in [0.2, 0.25) is 0 Å². The van der Waals surface area contributed by atoms with Gasteiger partial charge in [0, 0.05) is 11.1 Å². The Kier molecular flexibility index (Phi) is 3.97. The molecule has 0 fully saturated rings. The van der Waals surface area contributed by atoms with Crippen LogP contribution in [0.4, 0.5) is 5.95 Å². The number of aromatic nitrogens is 2. The van der Waals surface area contributed by atoms with Gasteiger partial charge in [-0.1, -0.05) is 76.6 Å². The Morgan fingerprint density at radius 2 is 1.60 bits per heavy atom. The third kappa shape index (κ3) is 2.78. The molecule has 124 valence electrons. The minimum Gasteiger partial charge on any atom is -0.293 e. The molecule has 1 aromatic heterocycles. The summed E-state index contributed by atoms with van der Waals surface area (Å²) >= 11 is 3.37. The molecule has 0 radical (unpaired) electrons. The Labute approximate surface area is 153 Å². The third-order valence-electron chi connectivity index (χ3n) is 4.04. The van der Waals surface area contributed by atoms with Gasteiger partial charge in [-0.3, -0.25) is 10.1 Å². The summed E-state index contributed by atoms with van der Waals surface area (Å²) in [6, 6.07) is 19.8. The third-order valence-corrected chi connectivity index (χ3v) is 5.12. The van der Waals surface area contributed by atoms with Crippen molar-refractivity contribution in [2.24, 2.45) is 5.10 Å². The van der Waals surface area contributed by atoms with Gasteiger partial charge < -0.3 is 0 Å². The lowest BCUT2D eigenvalue weighted by atomic mass is 10.1. The fourth-order valence-corrected chi connectivity index (χ4v) is 3.02. The number of imidazole rings is 1. The fraction of sp³-hybridized carbons (Fsp3) is 0.105. The molecule has 1 atom stereocenters. The highest BCUT2D eigenvalue weighted by Crippen LogP contribution is 2.35. The number of anilines is 1. The van der Waals surface area contributed by atoms with Gasteiger partial charge in [0.05, 0.1) is 5.71 Å². The number of fused-ring (bicyclic) bond motifs is 1. The number of nitrogens with zero attached hydrogens (tertiary/aromatic N) is 3. The largest absolute Gasteiger partial charge is 0.293 e. The van der Waals surface area contributed by atoms with Crippen LogP contribution in [0.5, 0.6) is 0 Å². The molecule has 0 aliphatic carbocycles. The molecule has 0 spiro atoms. The average molecular weight is 395 g/mol. The highest BCUT2D eigenvalue weighted by atomic mass is 79.9. The van der Waals surface area contributed by atoms with Crippen LogP contribution in [0.3, 0.4) is 0 Å². The van der Waals surface area contributed by atoms with Crippen LogP contribution in [-0.4, -0.2) is 26.1 Å². The zero-order valence-corrected chi connectivity index (χ0v) is 15.1. The van der Waals surface area contributed by atoms with Gasteiger partial charge in [-0.2, -0.15) is 9.78 Å². The SMILES string of the molecule is CC1=Nn2c(nc(-c3ccccc3)c2-c2ccccc2)NC(=O)[C@@H]1Br. The lowest BCUT2D eigenvalue weighted by Crippen LogP contribution is -2.27. The predicted octanol–water partition coefficient (Wildman–Crippen LogP) is 4.16. The minimum absolute atomic E-state index is 0.177. The predicted molar refractivity (Wildman–Crippen MR) is 103 cm³/mol. The number of carbonyl (C=O) groups is 1. The van der Waals surface area contributed by atoms with Gasteiger partial charge in [0.15, 0.2) is 0 Å². The molecule has 25 heavy (non-hydrogen) atoms. The molecule has 0 bridgehead atoms. The van der Waals surface area contributed by atoms with Crippen LogP contribution < -0.4 is 5.32 Å². The number of benzene rings is 2. The zero-order chi connectivity index (χ0) is 17.4. The summed E-state index contributed by atoms with van der Waals surface area (Å²) in [5.41, 5.74) is 4.26. The molecule has 6 heteroatoms. The van der Waals surface area contributed by atoms with Crippen molar-refractivity contribution in [3.8, 4) is 22.5 Å². The highest BCUT2D eigenvalue weighted by molar-refractivity contribution is 9.10. The van der Waals surface area contributed by atoms with Gasteiger partial charge in [0.25, 0.3) is 0 Å². The molecule has 0 saturated heterocycles. The topological polar surface area (TPSA) is 59.3 Å². The highest BCUT2D eigenvalue weighted by Gasteiger charge is 2.28. The second-order valence-corrected chi connectivity index (χ2v) is 6.69. The standard InChI is InChI=1S/C19H15BrN4O/c1-12-15(20)18(25)22-19-21-16(13-8-4-2-5-9-13)17(24(19)23-12)14-10-6-3-7-11-14/h2-11,15H,1H3,(H,21,22,25)/t15-/m1/s1. The van der Waals surface area contributed by atoms with Crippen molar-refractivity contribution in [2.45, 2.75) is 11.8 Å². The molecule has 1 amide bonds. The molecule has 4 rings (SSSR count). The maximum atomic E-state index is 12.3. The molecule has 5 nitrogen and oxygen atoms in total. The number of halogens is 1. The minimum atomic E-state index is -0.474. The van der Waals surface area contributed by atoms with E-state index in [0.717, 1.165) is 22.5 Å². The molecule has 3 aromatic rings. The molecule has 0 unspecified atom stereocenters. The van der Waals surface area contributed by atoms with Gasteiger partial charge in [0.2, 0.25) is 11.9 Å². The first-order valence-electron chi connectivity index (χ1n) is 7.89. The maximum Gasteiger partial charge on any atom is 0.246 e. The summed E-state index contributed by atoms with van der Waals surface area (Å²) in [5.74, 6) is 0.244. The number of alkyl halides is 1. The summed E-state index contributed by atoms with van der Waals surface area (Å²) in [6.45, 7) is 1.82. The van der Waals surface area contributed by atoms with E-state index in [1.54, 1.807) is 4.68 Å². The summed E-state index contributed by atoms with van der Waals surface area (Å²) in [4.78, 5) is 16.5. The maximum absolute atomic E-state index is 12.3. The van der Waals surface area contributed by atoms with E-state index in [-0.39, 0.29) is 5.91 Å². The van der Waals surface area contributed by atoms with E-state index >= 15 is 0 Å². The molecular weight excluding hydrogens is 380 g/mol. The molecule has 2 aromatic carbocycles. The second-order valence-electron chi connectivity index (χ2n) is 5.77. The molecule has 0 saturated carbocycles. The first-order valence-corrected chi connectivity index (χ1v) is 8.80. The Bertz CT molecular complexity index is 964. The van der Waals surface area contributed by atoms with E-state index in [2.05, 4.69) is 31.3 Å². The van der Waals surface area contributed by atoms with Gasteiger partial charge in [-0.15, -0.1) is 0 Å². The Morgan fingerprint density at radius 3 is 2.24 bits per heavy atom. The summed E-state index contributed by atoms with van der Waals surface area (Å²) in [7, 11) is 0. The van der Waals surface area contributed by atoms with Crippen molar-refractivity contribution in [1.82, 2.24) is 9.66 Å². The molecule has 2 heterocycles. The number of nitrogens with one attached hydrogen (secondary N) is 1. The van der Waals surface area contributed by atoms with E-state index in [9.17, 15) is 4.79 Å². The van der Waals surface area contributed by atoms with Crippen molar-refractivity contribution in [3.63, 3.8) is 0 Å². The van der Waals surface area contributed by atoms with E-state index in [0.29, 0.717) is 11.7 Å². The van der Waals surface area contributed by atoms with Crippen LogP contribution in [0, 0.1) is 0 Å². The molecule has 1 aliphatic rings. The van der Waals surface area contributed by atoms with E-state index in [1.165, 1.54) is 0 Å². The zero-order valence-electron chi connectivity index (χ0n) is 13.5. The number of hydrogen-bond donors (Lipinski definition) is 1. The first kappa shape index (κ1) is 15.8. The van der Waals surface area contributed by atoms with E-state index in [1.807, 2.05) is 67.6 Å². The van der Waals surface area contributed by atoms with E-state index < -0.39 is 4.83 Å². The molecular formula is C19H15BrN4O. The fourth-order valence-electron chi connectivity index (χ4n) is 2.81. The Morgan fingerprint density at radius 1 is 1.00 bits per heavy atom. The smallest absolute Gasteiger partial charge is 0.246 e. The van der Waals surface area contributed by atoms with Crippen molar-refractivity contribution >= 4 is 33.5 Å². The second kappa shape index (κ2) is 6.29. The number of hydrogen-bond acceptors (Lipinski definition) is 3. The average Bonchev–Trinajstić information content (AvgIpc) is 2.95.